The Morgan fingerprint density at radius 3 is 2.62 bits per heavy atom. The molecule has 1 radical (unpaired) electrons. The van der Waals surface area contributed by atoms with Gasteiger partial charge in [-0.1, -0.05) is 0 Å². The molecule has 1 saturated heterocycles. The Labute approximate surface area is 48.5 Å². The number of nitrogens with one attached hydrogen (secondary N) is 1. The van der Waals surface area contributed by atoms with Crippen LogP contribution in [0.15, 0.2) is 0 Å². The van der Waals surface area contributed by atoms with E-state index >= 15 is 0 Å². The second-order valence-electron chi connectivity index (χ2n) is 2.00. The molecule has 8 heavy (non-hydrogen) atoms. The van der Waals surface area contributed by atoms with E-state index in [0.29, 0.717) is 13.1 Å². The molecule has 2 unspecified atom stereocenters. The highest BCUT2D eigenvalue weighted by Crippen LogP contribution is 2.03. The smallest absolute Gasteiger partial charge is 0.131 e. The summed E-state index contributed by atoms with van der Waals surface area (Å²) < 4.78 is 12.4. The predicted molar refractivity (Wildman–Crippen MR) is 29.6 cm³/mol. The molecule has 0 aromatic heterocycles. The molecule has 1 fully saturated rings. The van der Waals surface area contributed by atoms with Gasteiger partial charge in [-0.25, -0.2) is 9.71 Å². The van der Waals surface area contributed by atoms with Gasteiger partial charge in [-0.2, -0.15) is 0 Å². The van der Waals surface area contributed by atoms with E-state index in [-0.39, 0.29) is 6.04 Å². The average Bonchev–Trinajstić information content (AvgIpc) is 2.14. The van der Waals surface area contributed by atoms with Gasteiger partial charge in [0.1, 0.15) is 6.17 Å². The molecule has 0 spiro atoms. The summed E-state index contributed by atoms with van der Waals surface area (Å²) in [6, 6.07) is -0.0185. The van der Waals surface area contributed by atoms with Crippen LogP contribution in [0, 0.1) is 0 Å². The molecule has 0 aromatic carbocycles. The normalized spacial score (nSPS) is 38.2. The minimum atomic E-state index is -0.750. The van der Waals surface area contributed by atoms with E-state index in [0.717, 1.165) is 0 Å². The molecular weight excluding hydrogens is 107 g/mol. The highest BCUT2D eigenvalue weighted by atomic mass is 19.1. The largest absolute Gasteiger partial charge is 0.313 e. The van der Waals surface area contributed by atoms with Crippen LogP contribution in [0.2, 0.25) is 0 Å². The van der Waals surface area contributed by atoms with Gasteiger partial charge in [0.15, 0.2) is 0 Å². The number of nitrogens with zero attached hydrogens (tertiary/aromatic N) is 1. The molecule has 0 aromatic rings. The van der Waals surface area contributed by atoms with Crippen molar-refractivity contribution in [1.29, 1.82) is 0 Å². The molecule has 0 aliphatic carbocycles. The van der Waals surface area contributed by atoms with Crippen molar-refractivity contribution in [2.24, 2.45) is 0 Å². The van der Waals surface area contributed by atoms with E-state index in [2.05, 4.69) is 10.6 Å². The molecule has 1 aliphatic rings. The average molecular weight is 117 g/mol. The lowest BCUT2D eigenvalue weighted by molar-refractivity contribution is 0.309. The van der Waals surface area contributed by atoms with Crippen molar-refractivity contribution in [3.63, 3.8) is 0 Å². The fourth-order valence-electron chi connectivity index (χ4n) is 0.851. The minimum Gasteiger partial charge on any atom is -0.313 e. The fourth-order valence-corrected chi connectivity index (χ4v) is 0.851. The van der Waals surface area contributed by atoms with Crippen LogP contribution in [-0.2, 0) is 0 Å². The van der Waals surface area contributed by atoms with Crippen molar-refractivity contribution in [3.8, 4) is 0 Å². The van der Waals surface area contributed by atoms with Crippen LogP contribution in [0.4, 0.5) is 4.39 Å². The lowest BCUT2D eigenvalue weighted by Crippen LogP contribution is -2.33. The monoisotopic (exact) mass is 117 g/mol. The third kappa shape index (κ3) is 0.980. The van der Waals surface area contributed by atoms with E-state index in [1.54, 1.807) is 7.05 Å². The first-order valence-corrected chi connectivity index (χ1v) is 2.79. The number of halogens is 1. The standard InChI is InChI=1S/C5H10FN2/c1-7-5-3-8-2-4(5)6/h4-5,7H,2-3H2,1H3. The van der Waals surface area contributed by atoms with Crippen LogP contribution in [0.25, 0.3) is 0 Å². The van der Waals surface area contributed by atoms with Gasteiger partial charge in [-0.15, -0.1) is 0 Å². The van der Waals surface area contributed by atoms with Crippen LogP contribution in [0.5, 0.6) is 0 Å². The first-order chi connectivity index (χ1) is 3.84. The van der Waals surface area contributed by atoms with E-state index in [4.69, 9.17) is 0 Å². The number of rotatable bonds is 1. The van der Waals surface area contributed by atoms with E-state index in [1.165, 1.54) is 0 Å². The zero-order valence-electron chi connectivity index (χ0n) is 4.89. The molecule has 1 heterocycles. The van der Waals surface area contributed by atoms with Crippen LogP contribution in [0.1, 0.15) is 0 Å². The predicted octanol–water partition coefficient (Wildman–Crippen LogP) is -0.470. The zero-order chi connectivity index (χ0) is 5.98. The third-order valence-electron chi connectivity index (χ3n) is 1.44. The van der Waals surface area contributed by atoms with Gasteiger partial charge in [0.2, 0.25) is 0 Å². The fraction of sp³-hybridized carbons (Fsp3) is 1.00. The lowest BCUT2D eigenvalue weighted by Gasteiger charge is -2.07. The molecule has 0 saturated carbocycles. The van der Waals surface area contributed by atoms with Crippen LogP contribution >= 0.6 is 0 Å². The Morgan fingerprint density at radius 2 is 2.38 bits per heavy atom. The number of hydrogen-bond acceptors (Lipinski definition) is 1. The molecule has 47 valence electrons. The summed E-state index contributed by atoms with van der Waals surface area (Å²) in [5, 5.41) is 6.72. The van der Waals surface area contributed by atoms with Gasteiger partial charge in [-0.3, -0.25) is 0 Å². The maximum Gasteiger partial charge on any atom is 0.131 e. The maximum absolute atomic E-state index is 12.4. The Bertz CT molecular complexity index is 76.8. The van der Waals surface area contributed by atoms with E-state index in [1.807, 2.05) is 0 Å². The second kappa shape index (κ2) is 2.42. The van der Waals surface area contributed by atoms with Gasteiger partial charge in [0.05, 0.1) is 6.04 Å². The lowest BCUT2D eigenvalue weighted by atomic mass is 10.2. The topological polar surface area (TPSA) is 26.1 Å². The molecule has 1 rings (SSSR count). The second-order valence-corrected chi connectivity index (χ2v) is 2.00. The Kier molecular flexibility index (Phi) is 1.81. The van der Waals surface area contributed by atoms with Crippen molar-refractivity contribution >= 4 is 0 Å². The summed E-state index contributed by atoms with van der Waals surface area (Å²) in [5.41, 5.74) is 0. The molecular formula is C5H10FN2. The molecule has 0 amide bonds. The minimum absolute atomic E-state index is 0.0185. The summed E-state index contributed by atoms with van der Waals surface area (Å²) in [5.74, 6) is 0. The molecule has 2 nitrogen and oxygen atoms in total. The quantitative estimate of drug-likeness (QED) is 0.493. The molecule has 1 N–H and O–H groups in total. The van der Waals surface area contributed by atoms with Crippen molar-refractivity contribution < 1.29 is 4.39 Å². The Morgan fingerprint density at radius 1 is 1.62 bits per heavy atom. The van der Waals surface area contributed by atoms with Gasteiger partial charge in [-0.05, 0) is 7.05 Å². The number of likely N-dealkylation sites (N-methyl/N-ethyl adjacent to an activating group) is 1. The molecule has 2 atom stereocenters. The summed E-state index contributed by atoms with van der Waals surface area (Å²) in [6.45, 7) is 1.02. The van der Waals surface area contributed by atoms with Crippen molar-refractivity contribution in [2.45, 2.75) is 12.2 Å². The third-order valence-corrected chi connectivity index (χ3v) is 1.44. The number of hydrogen-bond donors (Lipinski definition) is 1. The van der Waals surface area contributed by atoms with Crippen molar-refractivity contribution in [2.75, 3.05) is 20.1 Å². The van der Waals surface area contributed by atoms with Crippen molar-refractivity contribution in [1.82, 2.24) is 10.6 Å². The SMILES string of the molecule is CNC1C[N]CC1F. The Hall–Kier alpha value is -0.150. The number of alkyl halides is 1. The van der Waals surface area contributed by atoms with Gasteiger partial charge in [0.25, 0.3) is 0 Å². The first-order valence-electron chi connectivity index (χ1n) is 2.79. The molecule has 1 aliphatic heterocycles. The summed E-state index contributed by atoms with van der Waals surface area (Å²) in [7, 11) is 1.76. The summed E-state index contributed by atoms with van der Waals surface area (Å²) in [6.07, 6.45) is -0.750. The van der Waals surface area contributed by atoms with Gasteiger partial charge >= 0.3 is 0 Å². The summed E-state index contributed by atoms with van der Waals surface area (Å²) >= 11 is 0. The summed E-state index contributed by atoms with van der Waals surface area (Å²) in [4.78, 5) is 0. The van der Waals surface area contributed by atoms with Crippen LogP contribution in [-0.4, -0.2) is 32.4 Å². The molecule has 3 heteroatoms. The Balaban J connectivity index is 2.30. The van der Waals surface area contributed by atoms with Crippen LogP contribution < -0.4 is 10.6 Å². The van der Waals surface area contributed by atoms with Gasteiger partial charge < -0.3 is 5.32 Å². The van der Waals surface area contributed by atoms with E-state index in [9.17, 15) is 4.39 Å². The maximum atomic E-state index is 12.4. The first kappa shape index (κ1) is 5.98. The van der Waals surface area contributed by atoms with Gasteiger partial charge in [0, 0.05) is 13.1 Å². The zero-order valence-corrected chi connectivity index (χ0v) is 4.89. The van der Waals surface area contributed by atoms with Crippen molar-refractivity contribution in [3.05, 3.63) is 0 Å². The van der Waals surface area contributed by atoms with Crippen LogP contribution in [0.3, 0.4) is 0 Å². The highest BCUT2D eigenvalue weighted by molar-refractivity contribution is 4.84. The highest BCUT2D eigenvalue weighted by Gasteiger charge is 2.25. The van der Waals surface area contributed by atoms with E-state index < -0.39 is 6.17 Å². The molecule has 0 bridgehead atoms.